The van der Waals surface area contributed by atoms with Crippen molar-refractivity contribution in [2.75, 3.05) is 26.2 Å². The molecule has 0 radical (unpaired) electrons. The van der Waals surface area contributed by atoms with Crippen molar-refractivity contribution in [3.63, 3.8) is 0 Å². The number of hydrogen-bond donors (Lipinski definition) is 1. The van der Waals surface area contributed by atoms with Gasteiger partial charge in [0, 0.05) is 19.6 Å². The third-order valence-electron chi connectivity index (χ3n) is 5.75. The average molecular weight is 475 g/mol. The van der Waals surface area contributed by atoms with E-state index in [0.29, 0.717) is 70.5 Å². The zero-order chi connectivity index (χ0) is 23.0. The standard InChI is InChI=1S/C22H26N4O4S2/c1-14-5-7-17(8-6-14)32(29,30)26-10-4-9-25(11-12-26)13-18-23-21(28)19-15(2)20(16(3)27)31-22(19)24-18/h5-8H,4,9-13H2,1-3H3,(H,23,24,28). The zero-order valence-corrected chi connectivity index (χ0v) is 20.0. The number of Topliss-reactive ketones (excluding diaryl/α,β-unsaturated/α-hetero) is 1. The Morgan fingerprint density at radius 3 is 2.53 bits per heavy atom. The predicted octanol–water partition coefficient (Wildman–Crippen LogP) is 2.70. The van der Waals surface area contributed by atoms with Gasteiger partial charge >= 0.3 is 0 Å². The van der Waals surface area contributed by atoms with Crippen molar-refractivity contribution in [3.05, 3.63) is 56.4 Å². The molecule has 1 aliphatic rings. The molecule has 0 aliphatic carbocycles. The van der Waals surface area contributed by atoms with E-state index in [0.717, 1.165) is 5.56 Å². The number of thiophene rings is 1. The highest BCUT2D eigenvalue weighted by Crippen LogP contribution is 2.27. The lowest BCUT2D eigenvalue weighted by atomic mass is 10.2. The number of hydrogen-bond acceptors (Lipinski definition) is 7. The molecule has 1 saturated heterocycles. The molecule has 1 aliphatic heterocycles. The molecule has 0 bridgehead atoms. The number of rotatable bonds is 5. The van der Waals surface area contributed by atoms with E-state index in [4.69, 9.17) is 0 Å². The molecule has 0 atom stereocenters. The van der Waals surface area contributed by atoms with E-state index in [1.165, 1.54) is 22.6 Å². The van der Waals surface area contributed by atoms with E-state index in [1.54, 1.807) is 31.2 Å². The fourth-order valence-corrected chi connectivity index (χ4v) is 6.58. The Hall–Kier alpha value is -2.40. The second-order valence-electron chi connectivity index (χ2n) is 8.15. The molecule has 170 valence electrons. The second-order valence-corrected chi connectivity index (χ2v) is 11.1. The lowest BCUT2D eigenvalue weighted by Crippen LogP contribution is -2.35. The summed E-state index contributed by atoms with van der Waals surface area (Å²) in [5.74, 6) is 0.447. The summed E-state index contributed by atoms with van der Waals surface area (Å²) in [6.45, 7) is 7.64. The first-order valence-electron chi connectivity index (χ1n) is 10.5. The van der Waals surface area contributed by atoms with Crippen LogP contribution in [0.4, 0.5) is 0 Å². The summed E-state index contributed by atoms with van der Waals surface area (Å²) in [4.78, 5) is 35.4. The molecule has 32 heavy (non-hydrogen) atoms. The van der Waals surface area contributed by atoms with Gasteiger partial charge in [0.2, 0.25) is 10.0 Å². The Morgan fingerprint density at radius 1 is 1.12 bits per heavy atom. The van der Waals surface area contributed by atoms with Gasteiger partial charge in [0.1, 0.15) is 10.7 Å². The molecule has 8 nitrogen and oxygen atoms in total. The molecule has 2 aromatic heterocycles. The molecule has 0 saturated carbocycles. The largest absolute Gasteiger partial charge is 0.309 e. The molecule has 3 heterocycles. The Balaban J connectivity index is 1.51. The SMILES string of the molecule is CC(=O)c1sc2nc(CN3CCCN(S(=O)(=O)c4ccc(C)cc4)CC3)[nH]c(=O)c2c1C. The summed E-state index contributed by atoms with van der Waals surface area (Å²) < 4.78 is 27.6. The van der Waals surface area contributed by atoms with Crippen LogP contribution in [0.5, 0.6) is 0 Å². The van der Waals surface area contributed by atoms with Gasteiger partial charge in [0.15, 0.2) is 5.78 Å². The molecule has 3 aromatic rings. The van der Waals surface area contributed by atoms with Crippen LogP contribution in [0.25, 0.3) is 10.2 Å². The minimum absolute atomic E-state index is 0.0751. The predicted molar refractivity (Wildman–Crippen MR) is 125 cm³/mol. The number of aromatic nitrogens is 2. The van der Waals surface area contributed by atoms with Crippen LogP contribution >= 0.6 is 11.3 Å². The first-order chi connectivity index (χ1) is 15.2. The summed E-state index contributed by atoms with van der Waals surface area (Å²) in [6.07, 6.45) is 0.685. The van der Waals surface area contributed by atoms with Crippen molar-refractivity contribution in [1.82, 2.24) is 19.2 Å². The van der Waals surface area contributed by atoms with Gasteiger partial charge in [-0.1, -0.05) is 17.7 Å². The maximum absolute atomic E-state index is 13.0. The topological polar surface area (TPSA) is 103 Å². The number of nitrogens with zero attached hydrogens (tertiary/aromatic N) is 3. The van der Waals surface area contributed by atoms with Crippen LogP contribution in [0.1, 0.15) is 40.0 Å². The van der Waals surface area contributed by atoms with Crippen LogP contribution in [0.15, 0.2) is 34.0 Å². The minimum Gasteiger partial charge on any atom is -0.309 e. The van der Waals surface area contributed by atoms with Crippen LogP contribution in [-0.4, -0.2) is 59.6 Å². The first-order valence-corrected chi connectivity index (χ1v) is 12.7. The third-order valence-corrected chi connectivity index (χ3v) is 8.95. The summed E-state index contributed by atoms with van der Waals surface area (Å²) in [5, 5.41) is 0.468. The summed E-state index contributed by atoms with van der Waals surface area (Å²) in [7, 11) is -3.54. The normalized spacial score (nSPS) is 16.3. The molecule has 1 N–H and O–H groups in total. The quantitative estimate of drug-likeness (QED) is 0.571. The van der Waals surface area contributed by atoms with Gasteiger partial charge in [0.25, 0.3) is 5.56 Å². The van der Waals surface area contributed by atoms with Gasteiger partial charge < -0.3 is 4.98 Å². The average Bonchev–Trinajstić information content (AvgIpc) is 2.90. The Labute approximate surface area is 190 Å². The Kier molecular flexibility index (Phi) is 6.30. The van der Waals surface area contributed by atoms with Crippen LogP contribution < -0.4 is 5.56 Å². The number of benzene rings is 1. The highest BCUT2D eigenvalue weighted by atomic mass is 32.2. The van der Waals surface area contributed by atoms with Crippen molar-refractivity contribution < 1.29 is 13.2 Å². The highest BCUT2D eigenvalue weighted by Gasteiger charge is 2.27. The van der Waals surface area contributed by atoms with Crippen molar-refractivity contribution >= 4 is 37.4 Å². The molecular formula is C22H26N4O4S2. The number of H-pyrrole nitrogens is 1. The molecule has 4 rings (SSSR count). The number of ketones is 1. The number of carbonyl (C=O) groups is 1. The highest BCUT2D eigenvalue weighted by molar-refractivity contribution is 7.89. The lowest BCUT2D eigenvalue weighted by molar-refractivity contribution is 0.102. The number of aromatic amines is 1. The van der Waals surface area contributed by atoms with Gasteiger partial charge in [-0.15, -0.1) is 11.3 Å². The minimum atomic E-state index is -3.54. The fraction of sp³-hybridized carbons (Fsp3) is 0.409. The first kappa shape index (κ1) is 22.8. The Bertz CT molecular complexity index is 1330. The van der Waals surface area contributed by atoms with E-state index < -0.39 is 10.0 Å². The maximum atomic E-state index is 13.0. The van der Waals surface area contributed by atoms with Crippen LogP contribution in [0.2, 0.25) is 0 Å². The monoisotopic (exact) mass is 474 g/mol. The number of sulfonamides is 1. The van der Waals surface area contributed by atoms with E-state index in [1.807, 2.05) is 6.92 Å². The smallest absolute Gasteiger partial charge is 0.259 e. The van der Waals surface area contributed by atoms with E-state index in [2.05, 4.69) is 14.9 Å². The maximum Gasteiger partial charge on any atom is 0.259 e. The van der Waals surface area contributed by atoms with E-state index in [-0.39, 0.29) is 11.3 Å². The number of nitrogens with one attached hydrogen (secondary N) is 1. The molecular weight excluding hydrogens is 448 g/mol. The molecule has 0 unspecified atom stereocenters. The summed E-state index contributed by atoms with van der Waals surface area (Å²) in [5.41, 5.74) is 1.44. The van der Waals surface area contributed by atoms with Crippen LogP contribution in [0, 0.1) is 13.8 Å². The van der Waals surface area contributed by atoms with Crippen LogP contribution in [0.3, 0.4) is 0 Å². The number of fused-ring (bicyclic) bond motifs is 1. The van der Waals surface area contributed by atoms with Crippen molar-refractivity contribution in [2.24, 2.45) is 0 Å². The van der Waals surface area contributed by atoms with Gasteiger partial charge in [0.05, 0.1) is 21.7 Å². The van der Waals surface area contributed by atoms with Crippen molar-refractivity contribution in [1.29, 1.82) is 0 Å². The summed E-state index contributed by atoms with van der Waals surface area (Å²) in [6, 6.07) is 6.91. The third kappa shape index (κ3) is 4.40. The zero-order valence-electron chi connectivity index (χ0n) is 18.3. The molecule has 1 fully saturated rings. The summed E-state index contributed by atoms with van der Waals surface area (Å²) >= 11 is 1.24. The lowest BCUT2D eigenvalue weighted by Gasteiger charge is -2.21. The van der Waals surface area contributed by atoms with Crippen molar-refractivity contribution in [3.8, 4) is 0 Å². The van der Waals surface area contributed by atoms with Gasteiger partial charge in [-0.3, -0.25) is 14.5 Å². The molecule has 10 heteroatoms. The van der Waals surface area contributed by atoms with Gasteiger partial charge in [-0.05, 0) is 51.4 Å². The van der Waals surface area contributed by atoms with Crippen molar-refractivity contribution in [2.45, 2.75) is 38.6 Å². The number of aryl methyl sites for hydroxylation is 2. The van der Waals surface area contributed by atoms with E-state index in [9.17, 15) is 18.0 Å². The Morgan fingerprint density at radius 2 is 1.84 bits per heavy atom. The second kappa shape index (κ2) is 8.86. The number of carbonyl (C=O) groups excluding carboxylic acids is 1. The molecule has 0 spiro atoms. The van der Waals surface area contributed by atoms with Crippen LogP contribution in [-0.2, 0) is 16.6 Å². The fourth-order valence-electron chi connectivity index (χ4n) is 4.02. The van der Waals surface area contributed by atoms with Gasteiger partial charge in [-0.25, -0.2) is 13.4 Å². The molecule has 1 aromatic carbocycles. The van der Waals surface area contributed by atoms with E-state index >= 15 is 0 Å². The van der Waals surface area contributed by atoms with Gasteiger partial charge in [-0.2, -0.15) is 4.31 Å². The molecule has 0 amide bonds.